The maximum absolute atomic E-state index is 12.8. The first-order chi connectivity index (χ1) is 14.3. The van der Waals surface area contributed by atoms with Crippen molar-refractivity contribution in [1.82, 2.24) is 14.5 Å². The molecule has 11 heteroatoms. The largest absolute Gasteiger partial charge is 0.462 e. The first kappa shape index (κ1) is 21.5. The first-order valence-electron chi connectivity index (χ1n) is 8.83. The van der Waals surface area contributed by atoms with E-state index < -0.39 is 23.1 Å². The second-order valence-corrected chi connectivity index (χ2v) is 7.50. The molecule has 9 nitrogen and oxygen atoms in total. The maximum atomic E-state index is 12.8. The molecule has 0 atom stereocenters. The molecule has 0 spiro atoms. The van der Waals surface area contributed by atoms with E-state index in [1.165, 1.54) is 0 Å². The molecule has 156 valence electrons. The number of H-pyrrole nitrogens is 1. The van der Waals surface area contributed by atoms with Gasteiger partial charge in [0.1, 0.15) is 10.4 Å². The van der Waals surface area contributed by atoms with Crippen LogP contribution in [-0.2, 0) is 11.3 Å². The third-order valence-electron chi connectivity index (χ3n) is 4.07. The second kappa shape index (κ2) is 9.06. The average molecular weight is 449 g/mol. The van der Waals surface area contributed by atoms with E-state index in [0.717, 1.165) is 22.1 Å². The highest BCUT2D eigenvalue weighted by Crippen LogP contribution is 2.23. The van der Waals surface area contributed by atoms with Crippen molar-refractivity contribution >= 4 is 39.9 Å². The number of amides is 1. The number of ether oxygens (including phenoxy) is 1. The fraction of sp³-hybridized carbons (Fsp3) is 0.211. The number of nitrogens with one attached hydrogen (secondary N) is 2. The van der Waals surface area contributed by atoms with Crippen LogP contribution in [0.5, 0.6) is 0 Å². The number of aromatic nitrogens is 3. The molecule has 0 radical (unpaired) electrons. The number of halogens is 1. The molecule has 1 aromatic carbocycles. The van der Waals surface area contributed by atoms with E-state index in [-0.39, 0.29) is 28.7 Å². The van der Waals surface area contributed by atoms with Crippen LogP contribution in [0.15, 0.2) is 40.1 Å². The number of aromatic amines is 1. The van der Waals surface area contributed by atoms with E-state index in [4.69, 9.17) is 16.3 Å². The molecular weight excluding hydrogens is 432 g/mol. The van der Waals surface area contributed by atoms with Crippen LogP contribution in [0.25, 0.3) is 0 Å². The first-order valence-corrected chi connectivity index (χ1v) is 10.0. The van der Waals surface area contributed by atoms with Crippen molar-refractivity contribution in [2.45, 2.75) is 20.4 Å². The van der Waals surface area contributed by atoms with E-state index in [0.29, 0.717) is 16.3 Å². The number of benzene rings is 1. The summed E-state index contributed by atoms with van der Waals surface area (Å²) >= 11 is 7.03. The van der Waals surface area contributed by atoms with E-state index in [1.54, 1.807) is 38.1 Å². The molecule has 0 aliphatic carbocycles. The lowest BCUT2D eigenvalue weighted by Crippen LogP contribution is -2.39. The quantitative estimate of drug-likeness (QED) is 0.558. The van der Waals surface area contributed by atoms with Crippen LogP contribution in [0.4, 0.5) is 5.13 Å². The number of anilines is 1. The van der Waals surface area contributed by atoms with Crippen LogP contribution in [0.2, 0.25) is 5.02 Å². The normalized spacial score (nSPS) is 10.6. The summed E-state index contributed by atoms with van der Waals surface area (Å²) in [4.78, 5) is 56.2. The van der Waals surface area contributed by atoms with Crippen molar-refractivity contribution in [1.29, 1.82) is 0 Å². The van der Waals surface area contributed by atoms with Gasteiger partial charge in [-0.3, -0.25) is 19.5 Å². The van der Waals surface area contributed by atoms with Gasteiger partial charge in [0.05, 0.1) is 18.8 Å². The average Bonchev–Trinajstić information content (AvgIpc) is 3.06. The highest BCUT2D eigenvalue weighted by Gasteiger charge is 2.20. The Kier molecular flexibility index (Phi) is 6.48. The van der Waals surface area contributed by atoms with Gasteiger partial charge in [0.25, 0.3) is 11.5 Å². The molecule has 30 heavy (non-hydrogen) atoms. The Labute approximate surface area is 179 Å². The molecule has 2 N–H and O–H groups in total. The molecule has 2 aromatic heterocycles. The number of carbonyl (C=O) groups is 2. The summed E-state index contributed by atoms with van der Waals surface area (Å²) < 4.78 is 5.82. The number of esters is 1. The van der Waals surface area contributed by atoms with Gasteiger partial charge in [0.2, 0.25) is 0 Å². The summed E-state index contributed by atoms with van der Waals surface area (Å²) in [5.41, 5.74) is -0.793. The molecule has 1 amide bonds. The number of rotatable bonds is 6. The third-order valence-corrected chi connectivity index (χ3v) is 5.49. The van der Waals surface area contributed by atoms with Gasteiger partial charge in [-0.2, -0.15) is 0 Å². The van der Waals surface area contributed by atoms with Crippen molar-refractivity contribution in [3.8, 4) is 0 Å². The van der Waals surface area contributed by atoms with Gasteiger partial charge in [0, 0.05) is 11.2 Å². The molecule has 0 saturated heterocycles. The fourth-order valence-corrected chi connectivity index (χ4v) is 3.67. The Morgan fingerprint density at radius 2 is 2.03 bits per heavy atom. The lowest BCUT2D eigenvalue weighted by Gasteiger charge is -2.08. The zero-order chi connectivity index (χ0) is 21.8. The van der Waals surface area contributed by atoms with Crippen molar-refractivity contribution in [2.24, 2.45) is 0 Å². The molecule has 0 bridgehead atoms. The second-order valence-electron chi connectivity index (χ2n) is 6.10. The Hall–Kier alpha value is -3.24. The van der Waals surface area contributed by atoms with Gasteiger partial charge in [-0.1, -0.05) is 41.1 Å². The summed E-state index contributed by atoms with van der Waals surface area (Å²) in [6.45, 7) is 3.40. The summed E-state index contributed by atoms with van der Waals surface area (Å²) in [7, 11) is 0. The minimum Gasteiger partial charge on any atom is -0.462 e. The standard InChI is InChI=1S/C19H17ClN4O5S/c1-3-29-17(27)14-10(2)22-18(30-14)23-15(25)12-8-21-19(28)24(16(12)26)9-11-6-4-5-7-13(11)20/h4-8H,3,9H2,1-2H3,(H,21,28)(H,22,23,25). The molecule has 0 saturated carbocycles. The lowest BCUT2D eigenvalue weighted by atomic mass is 10.2. The molecule has 3 rings (SSSR count). The van der Waals surface area contributed by atoms with Crippen LogP contribution >= 0.6 is 22.9 Å². The number of hydrogen-bond donors (Lipinski definition) is 2. The monoisotopic (exact) mass is 448 g/mol. The molecule has 0 aliphatic heterocycles. The van der Waals surface area contributed by atoms with Gasteiger partial charge < -0.3 is 9.72 Å². The number of nitrogens with zero attached hydrogens (tertiary/aromatic N) is 2. The van der Waals surface area contributed by atoms with Crippen molar-refractivity contribution in [2.75, 3.05) is 11.9 Å². The SMILES string of the molecule is CCOC(=O)c1sc(NC(=O)c2c[nH]c(=O)n(Cc3ccccc3Cl)c2=O)nc1C. The summed E-state index contributed by atoms with van der Waals surface area (Å²) in [5.74, 6) is -1.31. The Bertz CT molecular complexity index is 1230. The number of carbonyl (C=O) groups excluding carboxylic acids is 2. The predicted molar refractivity (Wildman–Crippen MR) is 113 cm³/mol. The number of thiazole rings is 1. The van der Waals surface area contributed by atoms with Gasteiger partial charge in [-0.05, 0) is 25.5 Å². The fourth-order valence-electron chi connectivity index (χ4n) is 2.61. The van der Waals surface area contributed by atoms with E-state index in [1.807, 2.05) is 0 Å². The van der Waals surface area contributed by atoms with Crippen molar-refractivity contribution < 1.29 is 14.3 Å². The molecule has 0 aliphatic rings. The summed E-state index contributed by atoms with van der Waals surface area (Å²) in [6.07, 6.45) is 1.04. The minimum absolute atomic E-state index is 0.0989. The number of hydrogen-bond acceptors (Lipinski definition) is 7. The van der Waals surface area contributed by atoms with Crippen molar-refractivity contribution in [3.05, 3.63) is 78.0 Å². The topological polar surface area (TPSA) is 123 Å². The predicted octanol–water partition coefficient (Wildman–Crippen LogP) is 2.43. The van der Waals surface area contributed by atoms with Crippen LogP contribution < -0.4 is 16.6 Å². The smallest absolute Gasteiger partial charge is 0.350 e. The van der Waals surface area contributed by atoms with Crippen LogP contribution in [0.3, 0.4) is 0 Å². The van der Waals surface area contributed by atoms with Crippen LogP contribution in [-0.4, -0.2) is 33.0 Å². The van der Waals surface area contributed by atoms with Gasteiger partial charge in [0.15, 0.2) is 5.13 Å². The third kappa shape index (κ3) is 4.50. The number of aryl methyl sites for hydroxylation is 1. The Morgan fingerprint density at radius 3 is 2.73 bits per heavy atom. The minimum atomic E-state index is -0.782. The lowest BCUT2D eigenvalue weighted by molar-refractivity contribution is 0.0531. The van der Waals surface area contributed by atoms with Gasteiger partial charge in [-0.25, -0.2) is 14.6 Å². The molecule has 0 fully saturated rings. The molecule has 0 unspecified atom stereocenters. The van der Waals surface area contributed by atoms with E-state index in [9.17, 15) is 19.2 Å². The Balaban J connectivity index is 1.88. The molecule has 3 aromatic rings. The van der Waals surface area contributed by atoms with Crippen LogP contribution in [0.1, 0.15) is 38.2 Å². The van der Waals surface area contributed by atoms with E-state index >= 15 is 0 Å². The highest BCUT2D eigenvalue weighted by atomic mass is 35.5. The van der Waals surface area contributed by atoms with E-state index in [2.05, 4.69) is 15.3 Å². The van der Waals surface area contributed by atoms with Gasteiger partial charge in [-0.15, -0.1) is 0 Å². The molecule has 2 heterocycles. The molecular formula is C19H17ClN4O5S. The van der Waals surface area contributed by atoms with Crippen molar-refractivity contribution in [3.63, 3.8) is 0 Å². The zero-order valence-corrected chi connectivity index (χ0v) is 17.6. The summed E-state index contributed by atoms with van der Waals surface area (Å²) in [5, 5.41) is 3.00. The van der Waals surface area contributed by atoms with Gasteiger partial charge >= 0.3 is 11.7 Å². The highest BCUT2D eigenvalue weighted by molar-refractivity contribution is 7.17. The summed E-state index contributed by atoms with van der Waals surface area (Å²) in [6, 6.07) is 6.76. The Morgan fingerprint density at radius 1 is 1.30 bits per heavy atom. The zero-order valence-electron chi connectivity index (χ0n) is 16.0. The maximum Gasteiger partial charge on any atom is 0.350 e. The van der Waals surface area contributed by atoms with Crippen LogP contribution in [0, 0.1) is 6.92 Å².